The molecule has 2 aliphatic rings. The summed E-state index contributed by atoms with van der Waals surface area (Å²) >= 11 is 5.87. The number of carbonyl (C=O) groups excluding carboxylic acids is 1. The van der Waals surface area contributed by atoms with E-state index in [4.69, 9.17) is 21.4 Å². The zero-order chi connectivity index (χ0) is 31.6. The molecule has 2 saturated heterocycles. The Bertz CT molecular complexity index is 1180. The van der Waals surface area contributed by atoms with Crippen molar-refractivity contribution in [1.82, 2.24) is 20.2 Å². The highest BCUT2D eigenvalue weighted by Crippen LogP contribution is 2.25. The van der Waals surface area contributed by atoms with Gasteiger partial charge >= 0.3 is 0 Å². The third-order valence-electron chi connectivity index (χ3n) is 8.32. The molecule has 1 aromatic carbocycles. The number of benzene rings is 1. The van der Waals surface area contributed by atoms with Crippen LogP contribution in [0.15, 0.2) is 30.6 Å². The lowest BCUT2D eigenvalue weighted by Crippen LogP contribution is -2.55. The average Bonchev–Trinajstić information content (AvgIpc) is 3.01. The molecule has 4 atom stereocenters. The molecular weight excluding hydrogens is 597 g/mol. The highest BCUT2D eigenvalue weighted by molar-refractivity contribution is 6.30. The fourth-order valence-corrected chi connectivity index (χ4v) is 5.61. The van der Waals surface area contributed by atoms with Crippen molar-refractivity contribution in [2.24, 2.45) is 11.8 Å². The van der Waals surface area contributed by atoms with Gasteiger partial charge in [0.05, 0.1) is 43.2 Å². The lowest BCUT2D eigenvalue weighted by atomic mass is 9.92. The smallest absolute Gasteiger partial charge is 0.227 e. The molecule has 2 aliphatic heterocycles. The molecule has 1 aromatic heterocycles. The van der Waals surface area contributed by atoms with E-state index in [0.29, 0.717) is 54.4 Å². The lowest BCUT2D eigenvalue weighted by Gasteiger charge is -2.39. The Hall–Kier alpha value is -2.65. The maximum Gasteiger partial charge on any atom is 0.227 e. The molecule has 4 rings (SSSR count). The van der Waals surface area contributed by atoms with Gasteiger partial charge in [-0.2, -0.15) is 0 Å². The van der Waals surface area contributed by atoms with Gasteiger partial charge in [0.15, 0.2) is 0 Å². The molecule has 6 N–H and O–H groups in total. The van der Waals surface area contributed by atoms with Crippen LogP contribution in [0.4, 0.5) is 10.3 Å². The van der Waals surface area contributed by atoms with Gasteiger partial charge in [0.2, 0.25) is 11.9 Å². The SMILES string of the molecule is O=C(Cc1ccc(OCCCC2CCN(c3ncc(Cl)cn3)CC2)cc1F)N1CC(CNC[C@H](O)[C@@H](O)[C@H](O)[C@H](O)CO)C1. The van der Waals surface area contributed by atoms with E-state index in [2.05, 4.69) is 20.2 Å². The summed E-state index contributed by atoms with van der Waals surface area (Å²) in [6.07, 6.45) is 0.958. The van der Waals surface area contributed by atoms with Crippen LogP contribution in [0.5, 0.6) is 5.75 Å². The number of nitrogens with zero attached hydrogens (tertiary/aromatic N) is 4. The first kappa shape index (κ1) is 34.2. The van der Waals surface area contributed by atoms with Crippen LogP contribution in [0.2, 0.25) is 5.02 Å². The first-order chi connectivity index (χ1) is 21.1. The van der Waals surface area contributed by atoms with Crippen LogP contribution in [-0.4, -0.2) is 123 Å². The van der Waals surface area contributed by atoms with E-state index in [9.17, 15) is 29.6 Å². The molecule has 2 fully saturated rings. The number of likely N-dealkylation sites (tertiary alicyclic amines) is 1. The summed E-state index contributed by atoms with van der Waals surface area (Å²) in [5, 5.41) is 51.2. The summed E-state index contributed by atoms with van der Waals surface area (Å²) in [7, 11) is 0. The van der Waals surface area contributed by atoms with Crippen molar-refractivity contribution < 1.29 is 39.5 Å². The minimum absolute atomic E-state index is 0.0409. The third-order valence-corrected chi connectivity index (χ3v) is 8.51. The van der Waals surface area contributed by atoms with Gasteiger partial charge in [-0.15, -0.1) is 0 Å². The molecule has 1 amide bonds. The molecule has 0 radical (unpaired) electrons. The Balaban J connectivity index is 1.08. The summed E-state index contributed by atoms with van der Waals surface area (Å²) in [5.74, 6) is 1.20. The second kappa shape index (κ2) is 16.6. The van der Waals surface area contributed by atoms with Crippen molar-refractivity contribution in [1.29, 1.82) is 0 Å². The molecule has 0 aliphatic carbocycles. The Kier molecular flexibility index (Phi) is 12.9. The number of anilines is 1. The molecule has 2 aromatic rings. The van der Waals surface area contributed by atoms with Gasteiger partial charge in [0.25, 0.3) is 0 Å². The van der Waals surface area contributed by atoms with Crippen molar-refractivity contribution >= 4 is 23.5 Å². The van der Waals surface area contributed by atoms with Crippen molar-refractivity contribution in [2.45, 2.75) is 56.5 Å². The fraction of sp³-hybridized carbons (Fsp3) is 0.633. The van der Waals surface area contributed by atoms with Crippen molar-refractivity contribution in [3.05, 3.63) is 47.0 Å². The molecule has 14 heteroatoms. The number of ether oxygens (including phenoxy) is 1. The molecule has 44 heavy (non-hydrogen) atoms. The number of piperidine rings is 1. The second-order valence-electron chi connectivity index (χ2n) is 11.7. The Morgan fingerprint density at radius 1 is 1.07 bits per heavy atom. The fourth-order valence-electron chi connectivity index (χ4n) is 5.51. The van der Waals surface area contributed by atoms with Crippen molar-refractivity contribution in [3.63, 3.8) is 0 Å². The summed E-state index contributed by atoms with van der Waals surface area (Å²) in [6.45, 7) is 2.92. The number of hydrogen-bond acceptors (Lipinski definition) is 11. The van der Waals surface area contributed by atoms with E-state index < -0.39 is 36.8 Å². The van der Waals surface area contributed by atoms with Crippen LogP contribution in [0.3, 0.4) is 0 Å². The quantitative estimate of drug-likeness (QED) is 0.140. The number of aromatic nitrogens is 2. The normalized spacial score (nSPS) is 18.9. The zero-order valence-corrected chi connectivity index (χ0v) is 25.4. The second-order valence-corrected chi connectivity index (χ2v) is 12.1. The van der Waals surface area contributed by atoms with Gasteiger partial charge in [-0.25, -0.2) is 14.4 Å². The van der Waals surface area contributed by atoms with Gasteiger partial charge in [0, 0.05) is 51.3 Å². The van der Waals surface area contributed by atoms with Crippen LogP contribution in [0.25, 0.3) is 0 Å². The Labute approximate surface area is 261 Å². The number of aliphatic hydroxyl groups excluding tert-OH is 5. The summed E-state index contributed by atoms with van der Waals surface area (Å²) < 4.78 is 20.5. The first-order valence-electron chi connectivity index (χ1n) is 15.1. The van der Waals surface area contributed by atoms with Crippen LogP contribution < -0.4 is 15.0 Å². The molecule has 244 valence electrons. The molecule has 0 saturated carbocycles. The highest BCUT2D eigenvalue weighted by atomic mass is 35.5. The number of nitrogens with one attached hydrogen (secondary N) is 1. The van der Waals surface area contributed by atoms with Crippen LogP contribution >= 0.6 is 11.6 Å². The Morgan fingerprint density at radius 2 is 1.75 bits per heavy atom. The molecule has 3 heterocycles. The Morgan fingerprint density at radius 3 is 2.41 bits per heavy atom. The van der Waals surface area contributed by atoms with Crippen molar-refractivity contribution in [2.75, 3.05) is 57.4 Å². The highest BCUT2D eigenvalue weighted by Gasteiger charge is 2.32. The zero-order valence-electron chi connectivity index (χ0n) is 24.6. The number of hydrogen-bond donors (Lipinski definition) is 6. The van der Waals surface area contributed by atoms with Gasteiger partial charge in [0.1, 0.15) is 29.9 Å². The largest absolute Gasteiger partial charge is 0.493 e. The molecule has 0 unspecified atom stereocenters. The van der Waals surface area contributed by atoms with E-state index in [0.717, 1.165) is 38.8 Å². The number of amides is 1. The predicted molar refractivity (Wildman–Crippen MR) is 161 cm³/mol. The monoisotopic (exact) mass is 639 g/mol. The predicted octanol–water partition coefficient (Wildman–Crippen LogP) is 0.371. The number of carbonyl (C=O) groups is 1. The van der Waals surface area contributed by atoms with E-state index in [1.165, 1.54) is 6.07 Å². The maximum absolute atomic E-state index is 14.7. The van der Waals surface area contributed by atoms with Gasteiger partial charge in [-0.05, 0) is 43.2 Å². The number of aliphatic hydroxyl groups is 5. The number of halogens is 2. The molecule has 0 bridgehead atoms. The van der Waals surface area contributed by atoms with Crippen LogP contribution in [0, 0.1) is 17.7 Å². The summed E-state index contributed by atoms with van der Waals surface area (Å²) in [5.41, 5.74) is 0.307. The standard InChI is InChI=1S/C30H43ClFN5O7/c31-22-13-34-30(35-14-22)36-7-5-19(6-8-36)2-1-9-44-23-4-3-21(24(32)11-23)10-27(41)37-16-20(17-37)12-33-15-25(39)28(42)29(43)26(40)18-38/h3-4,11,13-14,19-20,25-26,28-29,33,38-40,42-43H,1-2,5-10,12,15-18H2/t25-,26+,28+,29+/m0/s1. The van der Waals surface area contributed by atoms with Gasteiger partial charge in [-0.3, -0.25) is 4.79 Å². The molecule has 0 spiro atoms. The van der Waals surface area contributed by atoms with E-state index in [1.54, 1.807) is 29.4 Å². The van der Waals surface area contributed by atoms with E-state index in [-0.39, 0.29) is 24.8 Å². The third kappa shape index (κ3) is 9.67. The first-order valence-corrected chi connectivity index (χ1v) is 15.5. The number of rotatable bonds is 16. The topological polar surface area (TPSA) is 172 Å². The summed E-state index contributed by atoms with van der Waals surface area (Å²) in [4.78, 5) is 25.0. The van der Waals surface area contributed by atoms with Crippen LogP contribution in [0.1, 0.15) is 31.2 Å². The molecule has 12 nitrogen and oxygen atoms in total. The summed E-state index contributed by atoms with van der Waals surface area (Å²) in [6, 6.07) is 4.60. The minimum atomic E-state index is -1.67. The van der Waals surface area contributed by atoms with Gasteiger partial charge < -0.3 is 45.4 Å². The van der Waals surface area contributed by atoms with Crippen LogP contribution in [-0.2, 0) is 11.2 Å². The van der Waals surface area contributed by atoms with E-state index >= 15 is 0 Å². The van der Waals surface area contributed by atoms with Crippen molar-refractivity contribution in [3.8, 4) is 5.75 Å². The average molecular weight is 640 g/mol. The van der Waals surface area contributed by atoms with E-state index in [1.807, 2.05) is 0 Å². The maximum atomic E-state index is 14.7. The molecular formula is C30H43ClFN5O7. The minimum Gasteiger partial charge on any atom is -0.493 e. The lowest BCUT2D eigenvalue weighted by molar-refractivity contribution is -0.136. The van der Waals surface area contributed by atoms with Gasteiger partial charge in [-0.1, -0.05) is 17.7 Å².